The number of nitrogen functional groups attached to an aromatic ring is 2. The second kappa shape index (κ2) is 10.2. The van der Waals surface area contributed by atoms with E-state index in [1.807, 2.05) is 18.3 Å². The molecule has 2 aromatic heterocycles. The molecule has 0 aromatic carbocycles. The number of unbranched alkanes of at least 4 members (excludes halogenated alkanes) is 1. The van der Waals surface area contributed by atoms with Gasteiger partial charge in [-0.1, -0.05) is 13.3 Å². The van der Waals surface area contributed by atoms with E-state index in [-0.39, 0.29) is 11.8 Å². The average molecular weight is 401 g/mol. The van der Waals surface area contributed by atoms with E-state index in [1.165, 1.54) is 18.4 Å². The Morgan fingerprint density at radius 2 is 2.03 bits per heavy atom. The zero-order valence-corrected chi connectivity index (χ0v) is 17.4. The molecule has 0 radical (unpaired) electrons. The van der Waals surface area contributed by atoms with Gasteiger partial charge in [0.25, 0.3) is 0 Å². The Bertz CT molecular complexity index is 794. The van der Waals surface area contributed by atoms with E-state index in [2.05, 4.69) is 44.3 Å². The van der Waals surface area contributed by atoms with Gasteiger partial charge in [-0.15, -0.1) is 0 Å². The molecular formula is C20H32N8O. The molecule has 158 valence electrons. The van der Waals surface area contributed by atoms with E-state index in [4.69, 9.17) is 16.2 Å². The summed E-state index contributed by atoms with van der Waals surface area (Å²) >= 11 is 0. The molecule has 1 saturated heterocycles. The number of aromatic nitrogens is 3. The predicted molar refractivity (Wildman–Crippen MR) is 115 cm³/mol. The molecule has 0 unspecified atom stereocenters. The SMILES string of the molecule is CCCCOc1nc(N)c(N)c(N(Cc2cc(CN3CCCC3)ccn2)NC)n1. The zero-order valence-electron chi connectivity index (χ0n) is 17.4. The number of nitrogens with one attached hydrogen (secondary N) is 1. The first kappa shape index (κ1) is 21.1. The number of hydrazine groups is 1. The minimum absolute atomic E-state index is 0.206. The lowest BCUT2D eigenvalue weighted by Crippen LogP contribution is -2.36. The highest BCUT2D eigenvalue weighted by Gasteiger charge is 2.18. The van der Waals surface area contributed by atoms with Crippen molar-refractivity contribution >= 4 is 17.3 Å². The summed E-state index contributed by atoms with van der Waals surface area (Å²) in [5.74, 6) is 0.690. The van der Waals surface area contributed by atoms with Crippen LogP contribution in [0.1, 0.15) is 43.9 Å². The molecule has 3 rings (SSSR count). The normalized spacial score (nSPS) is 14.3. The second-order valence-electron chi connectivity index (χ2n) is 7.28. The largest absolute Gasteiger partial charge is 0.463 e. The third kappa shape index (κ3) is 5.68. The summed E-state index contributed by atoms with van der Waals surface area (Å²) < 4.78 is 5.63. The molecule has 9 nitrogen and oxygen atoms in total. The van der Waals surface area contributed by atoms with Crippen LogP contribution in [0.4, 0.5) is 17.3 Å². The molecule has 2 aromatic rings. The van der Waals surface area contributed by atoms with Gasteiger partial charge >= 0.3 is 6.01 Å². The Balaban J connectivity index is 1.75. The van der Waals surface area contributed by atoms with Gasteiger partial charge in [0.05, 0.1) is 18.8 Å². The van der Waals surface area contributed by atoms with E-state index in [9.17, 15) is 0 Å². The van der Waals surface area contributed by atoms with Crippen molar-refractivity contribution in [2.45, 2.75) is 45.7 Å². The first-order valence-electron chi connectivity index (χ1n) is 10.3. The second-order valence-corrected chi connectivity index (χ2v) is 7.28. The van der Waals surface area contributed by atoms with Crippen LogP contribution in [0.2, 0.25) is 0 Å². The third-order valence-corrected chi connectivity index (χ3v) is 5.00. The smallest absolute Gasteiger partial charge is 0.320 e. The van der Waals surface area contributed by atoms with E-state index < -0.39 is 0 Å². The van der Waals surface area contributed by atoms with Crippen LogP contribution in [0, 0.1) is 0 Å². The minimum Gasteiger partial charge on any atom is -0.463 e. The van der Waals surface area contributed by atoms with Gasteiger partial charge < -0.3 is 16.2 Å². The van der Waals surface area contributed by atoms with Crippen LogP contribution in [-0.2, 0) is 13.1 Å². The molecular weight excluding hydrogens is 368 g/mol. The van der Waals surface area contributed by atoms with Crippen LogP contribution in [-0.4, -0.2) is 46.6 Å². The lowest BCUT2D eigenvalue weighted by molar-refractivity contribution is 0.286. The van der Waals surface area contributed by atoms with Crippen molar-refractivity contribution in [1.29, 1.82) is 0 Å². The molecule has 3 heterocycles. The highest BCUT2D eigenvalue weighted by atomic mass is 16.5. The fourth-order valence-electron chi connectivity index (χ4n) is 3.37. The zero-order chi connectivity index (χ0) is 20.6. The fourth-order valence-corrected chi connectivity index (χ4v) is 3.37. The van der Waals surface area contributed by atoms with Gasteiger partial charge in [0, 0.05) is 19.8 Å². The van der Waals surface area contributed by atoms with Gasteiger partial charge in [0.2, 0.25) is 0 Å². The predicted octanol–water partition coefficient (Wildman–Crippen LogP) is 1.95. The van der Waals surface area contributed by atoms with Crippen molar-refractivity contribution in [2.24, 2.45) is 0 Å². The Labute approximate surface area is 172 Å². The average Bonchev–Trinajstić information content (AvgIpc) is 3.22. The Hall–Kier alpha value is -2.65. The summed E-state index contributed by atoms with van der Waals surface area (Å²) in [6, 6.07) is 4.43. The summed E-state index contributed by atoms with van der Waals surface area (Å²) in [4.78, 5) is 15.6. The highest BCUT2D eigenvalue weighted by Crippen LogP contribution is 2.27. The summed E-state index contributed by atoms with van der Waals surface area (Å²) in [5.41, 5.74) is 17.8. The molecule has 1 aliphatic heterocycles. The Kier molecular flexibility index (Phi) is 7.42. The monoisotopic (exact) mass is 400 g/mol. The van der Waals surface area contributed by atoms with Crippen molar-refractivity contribution in [2.75, 3.05) is 43.2 Å². The van der Waals surface area contributed by atoms with Crippen molar-refractivity contribution in [1.82, 2.24) is 25.3 Å². The third-order valence-electron chi connectivity index (χ3n) is 5.00. The van der Waals surface area contributed by atoms with E-state index >= 15 is 0 Å². The lowest BCUT2D eigenvalue weighted by Gasteiger charge is -2.24. The quantitative estimate of drug-likeness (QED) is 0.406. The number of hydrogen-bond acceptors (Lipinski definition) is 9. The van der Waals surface area contributed by atoms with Crippen LogP contribution < -0.4 is 26.6 Å². The van der Waals surface area contributed by atoms with Gasteiger partial charge in [0.15, 0.2) is 11.6 Å². The van der Waals surface area contributed by atoms with Gasteiger partial charge in [-0.05, 0) is 50.0 Å². The maximum absolute atomic E-state index is 6.16. The van der Waals surface area contributed by atoms with Gasteiger partial charge in [-0.3, -0.25) is 14.9 Å². The maximum atomic E-state index is 6.16. The van der Waals surface area contributed by atoms with Gasteiger partial charge in [0.1, 0.15) is 5.69 Å². The van der Waals surface area contributed by atoms with Gasteiger partial charge in [-0.25, -0.2) is 5.43 Å². The summed E-state index contributed by atoms with van der Waals surface area (Å²) in [6.07, 6.45) is 6.36. The number of ether oxygens (including phenoxy) is 1. The van der Waals surface area contributed by atoms with Crippen LogP contribution >= 0.6 is 0 Å². The minimum atomic E-state index is 0.206. The lowest BCUT2D eigenvalue weighted by atomic mass is 10.2. The number of nitrogens with two attached hydrogens (primary N) is 2. The molecule has 0 atom stereocenters. The summed E-state index contributed by atoms with van der Waals surface area (Å²) in [5, 5.41) is 1.81. The first-order valence-corrected chi connectivity index (χ1v) is 10.3. The van der Waals surface area contributed by atoms with E-state index in [0.29, 0.717) is 24.7 Å². The molecule has 1 aliphatic rings. The topological polar surface area (TPSA) is 118 Å². The fraction of sp³-hybridized carbons (Fsp3) is 0.550. The van der Waals surface area contributed by atoms with Crippen LogP contribution in [0.15, 0.2) is 18.3 Å². The van der Waals surface area contributed by atoms with Crippen LogP contribution in [0.3, 0.4) is 0 Å². The van der Waals surface area contributed by atoms with Crippen LogP contribution in [0.5, 0.6) is 6.01 Å². The van der Waals surface area contributed by atoms with E-state index in [0.717, 1.165) is 38.2 Å². The number of likely N-dealkylation sites (tertiary alicyclic amines) is 1. The molecule has 29 heavy (non-hydrogen) atoms. The van der Waals surface area contributed by atoms with Crippen molar-refractivity contribution in [3.63, 3.8) is 0 Å². The molecule has 9 heteroatoms. The number of rotatable bonds is 10. The molecule has 0 spiro atoms. The molecule has 0 saturated carbocycles. The Morgan fingerprint density at radius 1 is 1.24 bits per heavy atom. The van der Waals surface area contributed by atoms with Gasteiger partial charge in [-0.2, -0.15) is 9.97 Å². The van der Waals surface area contributed by atoms with Crippen LogP contribution in [0.25, 0.3) is 0 Å². The number of pyridine rings is 1. The molecule has 0 amide bonds. The summed E-state index contributed by atoms with van der Waals surface area (Å²) in [7, 11) is 1.81. The highest BCUT2D eigenvalue weighted by molar-refractivity contribution is 5.73. The molecule has 0 aliphatic carbocycles. The summed E-state index contributed by atoms with van der Waals surface area (Å²) in [6.45, 7) is 6.40. The molecule has 0 bridgehead atoms. The van der Waals surface area contributed by atoms with Crippen molar-refractivity contribution < 1.29 is 4.74 Å². The first-order chi connectivity index (χ1) is 14.1. The number of hydrogen-bond donors (Lipinski definition) is 3. The van der Waals surface area contributed by atoms with E-state index in [1.54, 1.807) is 0 Å². The number of anilines is 3. The van der Waals surface area contributed by atoms with Crippen molar-refractivity contribution in [3.05, 3.63) is 29.6 Å². The molecule has 5 N–H and O–H groups in total. The standard InChI is InChI=1S/C20H32N8O/c1-3-4-11-29-20-25-18(22)17(21)19(26-20)28(23-2)14-16-12-15(7-8-24-16)13-27-9-5-6-10-27/h7-8,12,23H,3-6,9-11,13-14,21H2,1-2H3,(H2,22,25,26). The van der Waals surface area contributed by atoms with Crippen molar-refractivity contribution in [3.8, 4) is 6.01 Å². The Morgan fingerprint density at radius 3 is 2.76 bits per heavy atom. The number of nitrogens with zero attached hydrogens (tertiary/aromatic N) is 5. The maximum Gasteiger partial charge on any atom is 0.320 e. The molecule has 1 fully saturated rings.